The number of ether oxygens (including phenoxy) is 1. The molecule has 2 aromatic heterocycles. The van der Waals surface area contributed by atoms with Gasteiger partial charge < -0.3 is 14.6 Å². The summed E-state index contributed by atoms with van der Waals surface area (Å²) in [6.45, 7) is 0.154. The van der Waals surface area contributed by atoms with Crippen LogP contribution >= 0.6 is 0 Å². The summed E-state index contributed by atoms with van der Waals surface area (Å²) in [5.41, 5.74) is 0.514. The van der Waals surface area contributed by atoms with Crippen molar-refractivity contribution in [3.05, 3.63) is 58.7 Å². The van der Waals surface area contributed by atoms with Gasteiger partial charge in [-0.05, 0) is 18.2 Å². The van der Waals surface area contributed by atoms with Crippen molar-refractivity contribution in [1.29, 1.82) is 0 Å². The Morgan fingerprint density at radius 2 is 1.96 bits per heavy atom. The van der Waals surface area contributed by atoms with E-state index in [0.717, 1.165) is 0 Å². The Bertz CT molecular complexity index is 913. The maximum Gasteiger partial charge on any atom is 0.308 e. The third-order valence-corrected chi connectivity index (χ3v) is 3.34. The zero-order valence-corrected chi connectivity index (χ0v) is 13.9. The van der Waals surface area contributed by atoms with Gasteiger partial charge in [0, 0.05) is 36.6 Å². The number of anilines is 1. The molecule has 1 aromatic carbocycles. The summed E-state index contributed by atoms with van der Waals surface area (Å²) in [5.74, 6) is 0.346. The van der Waals surface area contributed by atoms with Crippen molar-refractivity contribution in [2.45, 2.75) is 13.0 Å². The molecule has 11 nitrogen and oxygen atoms in total. The van der Waals surface area contributed by atoms with E-state index < -0.39 is 10.9 Å². The molecule has 1 N–H and O–H groups in total. The van der Waals surface area contributed by atoms with Crippen molar-refractivity contribution in [3.63, 3.8) is 0 Å². The van der Waals surface area contributed by atoms with E-state index >= 15 is 0 Å². The quantitative estimate of drug-likeness (QED) is 0.354. The molecule has 0 spiro atoms. The third kappa shape index (κ3) is 5.04. The molecule has 0 unspecified atom stereocenters. The summed E-state index contributed by atoms with van der Waals surface area (Å²) in [6.07, 6.45) is 3.29. The summed E-state index contributed by atoms with van der Waals surface area (Å²) < 4.78 is 10.1. The molecule has 0 saturated heterocycles. The van der Waals surface area contributed by atoms with Gasteiger partial charge >= 0.3 is 5.97 Å². The lowest BCUT2D eigenvalue weighted by Gasteiger charge is -2.03. The zero-order valence-electron chi connectivity index (χ0n) is 13.9. The lowest BCUT2D eigenvalue weighted by Crippen LogP contribution is -2.12. The number of nitrogens with zero attached hydrogens (tertiary/aromatic N) is 5. The standard InChI is InChI=1S/C16H14N6O5/c23-14(6-9-19-16-17-7-1-8-18-16)26-10-13-20-15(21-27-13)11-2-4-12(5-3-11)22(24)25/h1-5,7-8H,6,9-10H2,(H,17,18,19). The van der Waals surface area contributed by atoms with Gasteiger partial charge in [-0.1, -0.05) is 5.16 Å². The molecule has 3 aromatic rings. The molecule has 0 aliphatic carbocycles. The fraction of sp³-hybridized carbons (Fsp3) is 0.188. The van der Waals surface area contributed by atoms with Crippen molar-refractivity contribution >= 4 is 17.6 Å². The molecule has 11 heteroatoms. The number of nitro benzene ring substituents is 1. The summed E-state index contributed by atoms with van der Waals surface area (Å²) in [4.78, 5) is 33.9. The van der Waals surface area contributed by atoms with Crippen LogP contribution in [0.3, 0.4) is 0 Å². The first-order valence-electron chi connectivity index (χ1n) is 7.86. The number of hydrogen-bond acceptors (Lipinski definition) is 10. The average Bonchev–Trinajstić information content (AvgIpc) is 3.16. The van der Waals surface area contributed by atoms with E-state index in [1.807, 2.05) is 0 Å². The highest BCUT2D eigenvalue weighted by Crippen LogP contribution is 2.20. The summed E-state index contributed by atoms with van der Waals surface area (Å²) in [6, 6.07) is 7.39. The minimum absolute atomic E-state index is 0.0362. The SMILES string of the molecule is O=C(CCNc1ncccn1)OCc1nc(-c2ccc([N+](=O)[O-])cc2)no1. The normalized spacial score (nSPS) is 10.4. The number of rotatable bonds is 8. The minimum Gasteiger partial charge on any atom is -0.456 e. The lowest BCUT2D eigenvalue weighted by molar-refractivity contribution is -0.384. The highest BCUT2D eigenvalue weighted by atomic mass is 16.6. The first-order valence-corrected chi connectivity index (χ1v) is 7.86. The van der Waals surface area contributed by atoms with Gasteiger partial charge in [-0.3, -0.25) is 14.9 Å². The fourth-order valence-electron chi connectivity index (χ4n) is 2.04. The number of benzene rings is 1. The topological polar surface area (TPSA) is 146 Å². The van der Waals surface area contributed by atoms with Gasteiger partial charge in [-0.15, -0.1) is 0 Å². The first kappa shape index (κ1) is 17.9. The number of nitrogens with one attached hydrogen (secondary N) is 1. The Kier molecular flexibility index (Phi) is 5.62. The van der Waals surface area contributed by atoms with Gasteiger partial charge in [0.2, 0.25) is 11.8 Å². The van der Waals surface area contributed by atoms with Crippen LogP contribution < -0.4 is 5.32 Å². The molecule has 0 fully saturated rings. The number of nitro groups is 1. The van der Waals surface area contributed by atoms with Crippen molar-refractivity contribution in [3.8, 4) is 11.4 Å². The summed E-state index contributed by atoms with van der Waals surface area (Å²) >= 11 is 0. The number of hydrogen-bond donors (Lipinski definition) is 1. The van der Waals surface area contributed by atoms with E-state index in [4.69, 9.17) is 9.26 Å². The summed E-state index contributed by atoms with van der Waals surface area (Å²) in [5, 5.41) is 17.3. The van der Waals surface area contributed by atoms with Crippen LogP contribution in [-0.4, -0.2) is 37.5 Å². The van der Waals surface area contributed by atoms with E-state index in [0.29, 0.717) is 18.1 Å². The molecule has 0 radical (unpaired) electrons. The Balaban J connectivity index is 1.46. The first-order chi connectivity index (χ1) is 13.1. The average molecular weight is 370 g/mol. The molecule has 2 heterocycles. The van der Waals surface area contributed by atoms with Gasteiger partial charge in [-0.2, -0.15) is 4.98 Å². The molecule has 138 valence electrons. The molecule has 0 amide bonds. The molecule has 0 atom stereocenters. The van der Waals surface area contributed by atoms with E-state index in [1.165, 1.54) is 24.3 Å². The number of carbonyl (C=O) groups excluding carboxylic acids is 1. The van der Waals surface area contributed by atoms with Crippen molar-refractivity contribution in [2.24, 2.45) is 0 Å². The van der Waals surface area contributed by atoms with Gasteiger partial charge in [0.25, 0.3) is 11.6 Å². The van der Waals surface area contributed by atoms with Crippen molar-refractivity contribution in [1.82, 2.24) is 20.1 Å². The van der Waals surface area contributed by atoms with E-state index in [2.05, 4.69) is 25.4 Å². The highest BCUT2D eigenvalue weighted by molar-refractivity contribution is 5.69. The van der Waals surface area contributed by atoms with Crippen LogP contribution in [0.25, 0.3) is 11.4 Å². The predicted octanol–water partition coefficient (Wildman–Crippen LogP) is 1.98. The van der Waals surface area contributed by atoms with E-state index in [1.54, 1.807) is 18.5 Å². The number of esters is 1. The smallest absolute Gasteiger partial charge is 0.308 e. The van der Waals surface area contributed by atoms with Crippen molar-refractivity contribution < 1.29 is 19.0 Å². The highest BCUT2D eigenvalue weighted by Gasteiger charge is 2.12. The second kappa shape index (κ2) is 8.47. The van der Waals surface area contributed by atoms with Crippen LogP contribution in [0.2, 0.25) is 0 Å². The van der Waals surface area contributed by atoms with Crippen LogP contribution in [0.4, 0.5) is 11.6 Å². The number of carbonyl (C=O) groups is 1. The fourth-order valence-corrected chi connectivity index (χ4v) is 2.04. The Morgan fingerprint density at radius 1 is 1.22 bits per heavy atom. The van der Waals surface area contributed by atoms with Crippen LogP contribution in [0, 0.1) is 10.1 Å². The third-order valence-electron chi connectivity index (χ3n) is 3.34. The van der Waals surface area contributed by atoms with Crippen LogP contribution in [-0.2, 0) is 16.1 Å². The largest absolute Gasteiger partial charge is 0.456 e. The van der Waals surface area contributed by atoms with Crippen LogP contribution in [0.1, 0.15) is 12.3 Å². The Hall–Kier alpha value is -3.89. The minimum atomic E-state index is -0.496. The number of non-ortho nitro benzene ring substituents is 1. The number of aromatic nitrogens is 4. The Morgan fingerprint density at radius 3 is 2.67 bits per heavy atom. The van der Waals surface area contributed by atoms with E-state index in [9.17, 15) is 14.9 Å². The molecular weight excluding hydrogens is 356 g/mol. The molecule has 0 bridgehead atoms. The van der Waals surface area contributed by atoms with Crippen molar-refractivity contribution in [2.75, 3.05) is 11.9 Å². The maximum atomic E-state index is 11.7. The second-order valence-corrected chi connectivity index (χ2v) is 5.23. The zero-order chi connectivity index (χ0) is 19.1. The van der Waals surface area contributed by atoms with Crippen LogP contribution in [0.15, 0.2) is 47.2 Å². The predicted molar refractivity (Wildman–Crippen MR) is 91.3 cm³/mol. The molecule has 0 aliphatic heterocycles. The monoisotopic (exact) mass is 370 g/mol. The Labute approximate surface area is 152 Å². The summed E-state index contributed by atoms with van der Waals surface area (Å²) in [7, 11) is 0. The maximum absolute atomic E-state index is 11.7. The molecule has 0 aliphatic rings. The molecule has 3 rings (SSSR count). The van der Waals surface area contributed by atoms with E-state index in [-0.39, 0.29) is 30.4 Å². The van der Waals surface area contributed by atoms with Gasteiger partial charge in [0.05, 0.1) is 11.3 Å². The lowest BCUT2D eigenvalue weighted by atomic mass is 10.2. The molecule has 0 saturated carbocycles. The second-order valence-electron chi connectivity index (χ2n) is 5.23. The van der Waals surface area contributed by atoms with Gasteiger partial charge in [0.15, 0.2) is 6.61 Å². The molecular formula is C16H14N6O5. The molecule has 27 heavy (non-hydrogen) atoms. The van der Waals surface area contributed by atoms with Gasteiger partial charge in [-0.25, -0.2) is 9.97 Å². The van der Waals surface area contributed by atoms with Crippen LogP contribution in [0.5, 0.6) is 0 Å². The van der Waals surface area contributed by atoms with Gasteiger partial charge in [0.1, 0.15) is 0 Å².